The van der Waals surface area contributed by atoms with Crippen LogP contribution in [0.2, 0.25) is 10.0 Å². The van der Waals surface area contributed by atoms with Crippen LogP contribution in [0.5, 0.6) is 5.75 Å². The van der Waals surface area contributed by atoms with Gasteiger partial charge in [-0.1, -0.05) is 41.4 Å². The highest BCUT2D eigenvalue weighted by Crippen LogP contribution is 2.34. The zero-order chi connectivity index (χ0) is 25.7. The Morgan fingerprint density at radius 2 is 1.78 bits per heavy atom. The number of esters is 1. The number of amides is 1. The Bertz CT molecular complexity index is 1340. The summed E-state index contributed by atoms with van der Waals surface area (Å²) >= 11 is 13.6. The molecular weight excluding hydrogens is 519 g/mol. The number of thioether (sulfide) groups is 1. The summed E-state index contributed by atoms with van der Waals surface area (Å²) in [6.45, 7) is 2.43. The molecule has 3 aromatic carbocycles. The lowest BCUT2D eigenvalue weighted by Gasteiger charge is -2.09. The average Bonchev–Trinajstić information content (AvgIpc) is 3.12. The molecule has 0 atom stereocenters. The normalized spacial score (nSPS) is 15.6. The molecule has 0 aromatic heterocycles. The Morgan fingerprint density at radius 1 is 1.06 bits per heavy atom. The molecule has 4 rings (SSSR count). The van der Waals surface area contributed by atoms with E-state index < -0.39 is 0 Å². The van der Waals surface area contributed by atoms with Crippen LogP contribution in [0, 0.1) is 0 Å². The van der Waals surface area contributed by atoms with E-state index in [2.05, 4.69) is 4.99 Å². The van der Waals surface area contributed by atoms with Crippen LogP contribution in [0.4, 0.5) is 5.69 Å². The van der Waals surface area contributed by atoms with Crippen LogP contribution in [0.25, 0.3) is 6.08 Å². The summed E-state index contributed by atoms with van der Waals surface area (Å²) < 4.78 is 10.8. The van der Waals surface area contributed by atoms with Crippen LogP contribution in [0.3, 0.4) is 0 Å². The van der Waals surface area contributed by atoms with Crippen LogP contribution in [-0.2, 0) is 16.1 Å². The molecule has 1 heterocycles. The predicted molar refractivity (Wildman–Crippen MR) is 145 cm³/mol. The number of hydrogen-bond acceptors (Lipinski definition) is 6. The number of nitrogens with zero attached hydrogens (tertiary/aromatic N) is 2. The van der Waals surface area contributed by atoms with Gasteiger partial charge in [0.15, 0.2) is 5.17 Å². The van der Waals surface area contributed by atoms with E-state index in [1.165, 1.54) is 16.7 Å². The smallest absolute Gasteiger partial charge is 0.338 e. The minimum absolute atomic E-state index is 0.166. The van der Waals surface area contributed by atoms with Crippen molar-refractivity contribution in [1.82, 2.24) is 4.90 Å². The van der Waals surface area contributed by atoms with E-state index in [1.807, 2.05) is 18.2 Å². The van der Waals surface area contributed by atoms with Crippen LogP contribution in [-0.4, -0.2) is 35.6 Å². The maximum Gasteiger partial charge on any atom is 0.338 e. The molecule has 0 saturated carbocycles. The minimum Gasteiger partial charge on any atom is -0.487 e. The van der Waals surface area contributed by atoms with Crippen LogP contribution in [0.1, 0.15) is 28.4 Å². The molecule has 1 fully saturated rings. The van der Waals surface area contributed by atoms with Gasteiger partial charge in [-0.3, -0.25) is 9.69 Å². The second-order valence-electron chi connectivity index (χ2n) is 7.74. The molecule has 6 nitrogen and oxygen atoms in total. The number of ether oxygens (including phenoxy) is 2. The largest absolute Gasteiger partial charge is 0.487 e. The van der Waals surface area contributed by atoms with Crippen LogP contribution < -0.4 is 4.74 Å². The number of amidine groups is 1. The second-order valence-corrected chi connectivity index (χ2v) is 9.59. The SMILES string of the molecule is CCOC(=O)c1ccc(N=C2S/C(=C\c3ccc(OCc4ccc(Cl)cc4)c(Cl)c3)C(=O)N2C)cc1. The monoisotopic (exact) mass is 540 g/mol. The summed E-state index contributed by atoms with van der Waals surface area (Å²) in [6.07, 6.45) is 1.77. The van der Waals surface area contributed by atoms with Crippen LogP contribution >= 0.6 is 35.0 Å². The number of hydrogen-bond donors (Lipinski definition) is 0. The molecule has 1 aliphatic heterocycles. The summed E-state index contributed by atoms with van der Waals surface area (Å²) in [7, 11) is 1.67. The molecule has 1 amide bonds. The van der Waals surface area contributed by atoms with Gasteiger partial charge in [0.1, 0.15) is 12.4 Å². The zero-order valence-corrected chi connectivity index (χ0v) is 21.9. The van der Waals surface area contributed by atoms with Gasteiger partial charge >= 0.3 is 5.97 Å². The first-order chi connectivity index (χ1) is 17.3. The van der Waals surface area contributed by atoms with Crippen molar-refractivity contribution < 1.29 is 19.1 Å². The van der Waals surface area contributed by atoms with Crippen molar-refractivity contribution in [2.45, 2.75) is 13.5 Å². The number of benzene rings is 3. The number of rotatable bonds is 7. The van der Waals surface area contributed by atoms with Crippen molar-refractivity contribution in [3.63, 3.8) is 0 Å². The van der Waals surface area contributed by atoms with E-state index in [1.54, 1.807) is 68.6 Å². The van der Waals surface area contributed by atoms with Gasteiger partial charge in [-0.25, -0.2) is 9.79 Å². The fraction of sp³-hybridized carbons (Fsp3) is 0.148. The topological polar surface area (TPSA) is 68.2 Å². The molecular formula is C27H22Cl2N2O4S. The van der Waals surface area contributed by atoms with Gasteiger partial charge in [-0.2, -0.15) is 0 Å². The van der Waals surface area contributed by atoms with Crippen molar-refractivity contribution in [3.8, 4) is 5.75 Å². The maximum atomic E-state index is 12.8. The van der Waals surface area contributed by atoms with Crippen molar-refractivity contribution in [1.29, 1.82) is 0 Å². The van der Waals surface area contributed by atoms with Crippen LogP contribution in [0.15, 0.2) is 76.6 Å². The predicted octanol–water partition coefficient (Wildman–Crippen LogP) is 6.98. The summed E-state index contributed by atoms with van der Waals surface area (Å²) in [5.41, 5.74) is 2.81. The zero-order valence-electron chi connectivity index (χ0n) is 19.5. The average molecular weight is 541 g/mol. The number of carbonyl (C=O) groups is 2. The van der Waals surface area contributed by atoms with Gasteiger partial charge in [0.05, 0.1) is 27.8 Å². The molecule has 0 radical (unpaired) electrons. The highest BCUT2D eigenvalue weighted by Gasteiger charge is 2.30. The Morgan fingerprint density at radius 3 is 2.44 bits per heavy atom. The Balaban J connectivity index is 1.45. The molecule has 1 aliphatic rings. The number of aliphatic imine (C=N–C) groups is 1. The second kappa shape index (κ2) is 11.6. The number of halogens is 2. The molecule has 0 aliphatic carbocycles. The highest BCUT2D eigenvalue weighted by molar-refractivity contribution is 8.18. The van der Waals surface area contributed by atoms with E-state index in [4.69, 9.17) is 32.7 Å². The summed E-state index contributed by atoms with van der Waals surface area (Å²) in [5, 5.41) is 1.64. The van der Waals surface area contributed by atoms with Gasteiger partial charge in [-0.05, 0) is 84.4 Å². The third-order valence-electron chi connectivity index (χ3n) is 5.17. The third kappa shape index (κ3) is 6.29. The fourth-order valence-corrected chi connectivity index (χ4v) is 4.62. The molecule has 36 heavy (non-hydrogen) atoms. The Labute approximate surface area is 223 Å². The Kier molecular flexibility index (Phi) is 8.36. The molecule has 0 spiro atoms. The van der Waals surface area contributed by atoms with Gasteiger partial charge < -0.3 is 9.47 Å². The first-order valence-corrected chi connectivity index (χ1v) is 12.6. The summed E-state index contributed by atoms with van der Waals surface area (Å²) in [6, 6.07) is 19.5. The minimum atomic E-state index is -0.385. The first-order valence-electron chi connectivity index (χ1n) is 11.0. The molecule has 0 bridgehead atoms. The molecule has 3 aromatic rings. The highest BCUT2D eigenvalue weighted by atomic mass is 35.5. The van der Waals surface area contributed by atoms with Gasteiger partial charge in [0.2, 0.25) is 0 Å². The van der Waals surface area contributed by atoms with Gasteiger partial charge in [0, 0.05) is 12.1 Å². The lowest BCUT2D eigenvalue weighted by Crippen LogP contribution is -2.23. The molecule has 1 saturated heterocycles. The van der Waals surface area contributed by atoms with E-state index in [-0.39, 0.29) is 11.9 Å². The van der Waals surface area contributed by atoms with Gasteiger partial charge in [0.25, 0.3) is 5.91 Å². The molecule has 9 heteroatoms. The maximum absolute atomic E-state index is 12.8. The summed E-state index contributed by atoms with van der Waals surface area (Å²) in [4.78, 5) is 31.2. The molecule has 0 unspecified atom stereocenters. The van der Waals surface area contributed by atoms with Crippen molar-refractivity contribution >= 4 is 63.8 Å². The van der Waals surface area contributed by atoms with E-state index in [0.29, 0.717) is 50.3 Å². The fourth-order valence-electron chi connectivity index (χ4n) is 3.27. The van der Waals surface area contributed by atoms with Gasteiger partial charge in [-0.15, -0.1) is 0 Å². The van der Waals surface area contributed by atoms with Crippen molar-refractivity contribution in [2.24, 2.45) is 4.99 Å². The molecule has 0 N–H and O–H groups in total. The summed E-state index contributed by atoms with van der Waals surface area (Å²) in [5.74, 6) is -0.00426. The van der Waals surface area contributed by atoms with Crippen molar-refractivity contribution in [3.05, 3.63) is 98.4 Å². The van der Waals surface area contributed by atoms with E-state index >= 15 is 0 Å². The number of carbonyl (C=O) groups excluding carboxylic acids is 2. The quantitative estimate of drug-likeness (QED) is 0.238. The van der Waals surface area contributed by atoms with E-state index in [9.17, 15) is 9.59 Å². The number of likely N-dealkylation sites (N-methyl/N-ethyl adjacent to an activating group) is 1. The Hall–Kier alpha value is -3.26. The lowest BCUT2D eigenvalue weighted by molar-refractivity contribution is -0.121. The standard InChI is InChI=1S/C27H22Cl2N2O4S/c1-3-34-26(33)19-7-11-21(12-8-19)30-27-31(2)25(32)24(36-27)15-18-6-13-23(22(29)14-18)35-16-17-4-9-20(28)10-5-17/h4-15H,3,16H2,1-2H3/b24-15-,30-27?. The third-order valence-corrected chi connectivity index (χ3v) is 6.78. The first kappa shape index (κ1) is 25.8. The lowest BCUT2D eigenvalue weighted by atomic mass is 10.2. The van der Waals surface area contributed by atoms with E-state index in [0.717, 1.165) is 11.1 Å². The molecule has 184 valence electrons. The van der Waals surface area contributed by atoms with Crippen molar-refractivity contribution in [2.75, 3.05) is 13.7 Å².